The number of carbonyl (C=O) groups excluding carboxylic acids is 2. The summed E-state index contributed by atoms with van der Waals surface area (Å²) in [6.07, 6.45) is 0.642. The number of hydrogen-bond acceptors (Lipinski definition) is 5. The molecule has 3 aromatic rings. The van der Waals surface area contributed by atoms with E-state index in [2.05, 4.69) is 0 Å². The fourth-order valence-electron chi connectivity index (χ4n) is 2.17. The maximum absolute atomic E-state index is 12.2. The number of ether oxygens (including phenoxy) is 1. The lowest BCUT2D eigenvalue weighted by atomic mass is 10.2. The molecule has 0 bridgehead atoms. The Morgan fingerprint density at radius 2 is 1.48 bits per heavy atom. The van der Waals surface area contributed by atoms with Gasteiger partial charge in [0.1, 0.15) is 0 Å². The van der Waals surface area contributed by atoms with Gasteiger partial charge in [-0.3, -0.25) is 4.79 Å². The highest BCUT2D eigenvalue weighted by atomic mass is 32.2. The molecule has 0 amide bonds. The second kappa shape index (κ2) is 8.65. The molecule has 0 saturated heterocycles. The summed E-state index contributed by atoms with van der Waals surface area (Å²) in [5.74, 6) is -0.314. The molecule has 0 atom stereocenters. The molecule has 0 saturated carbocycles. The van der Waals surface area contributed by atoms with Crippen LogP contribution in [0.25, 0.3) is 0 Å². The smallest absolute Gasteiger partial charge is 0.338 e. The van der Waals surface area contributed by atoms with E-state index in [1.807, 2.05) is 60.7 Å². The van der Waals surface area contributed by atoms with Crippen LogP contribution >= 0.6 is 23.1 Å². The fourth-order valence-corrected chi connectivity index (χ4v) is 4.18. The van der Waals surface area contributed by atoms with Crippen molar-refractivity contribution in [1.29, 1.82) is 0 Å². The first-order valence-corrected chi connectivity index (χ1v) is 9.44. The van der Waals surface area contributed by atoms with Gasteiger partial charge in [-0.15, -0.1) is 11.3 Å². The summed E-state index contributed by atoms with van der Waals surface area (Å²) in [7, 11) is 0. The van der Waals surface area contributed by atoms with Gasteiger partial charge in [-0.1, -0.05) is 48.5 Å². The molecule has 1 heterocycles. The van der Waals surface area contributed by atoms with Crippen molar-refractivity contribution in [1.82, 2.24) is 0 Å². The third-order valence-electron chi connectivity index (χ3n) is 3.43. The zero-order valence-corrected chi connectivity index (χ0v) is 15.0. The number of benzene rings is 2. The van der Waals surface area contributed by atoms with Gasteiger partial charge in [0.2, 0.25) is 5.12 Å². The first kappa shape index (κ1) is 17.5. The minimum absolute atomic E-state index is 0.0319. The first-order chi connectivity index (χ1) is 12.2. The van der Waals surface area contributed by atoms with Gasteiger partial charge in [0.05, 0.1) is 16.4 Å². The van der Waals surface area contributed by atoms with Crippen LogP contribution < -0.4 is 0 Å². The Balaban J connectivity index is 1.49. The third kappa shape index (κ3) is 5.05. The molecule has 0 fully saturated rings. The third-order valence-corrected chi connectivity index (χ3v) is 5.63. The lowest BCUT2D eigenvalue weighted by Crippen LogP contribution is -2.07. The quantitative estimate of drug-likeness (QED) is 0.449. The molecule has 0 unspecified atom stereocenters. The van der Waals surface area contributed by atoms with Crippen molar-refractivity contribution in [2.45, 2.75) is 10.6 Å². The van der Waals surface area contributed by atoms with E-state index in [0.29, 0.717) is 24.2 Å². The number of hydrogen-bond donors (Lipinski definition) is 0. The van der Waals surface area contributed by atoms with E-state index in [1.165, 1.54) is 11.8 Å². The summed E-state index contributed by atoms with van der Waals surface area (Å²) in [6.45, 7) is 0.324. The molecule has 0 aliphatic heterocycles. The predicted molar refractivity (Wildman–Crippen MR) is 101 cm³/mol. The van der Waals surface area contributed by atoms with Gasteiger partial charge >= 0.3 is 5.97 Å². The normalized spacial score (nSPS) is 10.4. The molecule has 2 aromatic carbocycles. The standard InChI is InChI=1S/C20H16O3S2/c21-19(15-7-3-1-4-8-15)23-14-13-17-11-12-18(24-17)25-20(22)16-9-5-2-6-10-16/h1-12H,13-14H2. The summed E-state index contributed by atoms with van der Waals surface area (Å²) in [5, 5.41) is 0.0319. The SMILES string of the molecule is O=C(OCCc1ccc(SC(=O)c2ccccc2)s1)c1ccccc1. The zero-order chi connectivity index (χ0) is 17.5. The molecule has 25 heavy (non-hydrogen) atoms. The van der Waals surface area contributed by atoms with Crippen LogP contribution in [0.15, 0.2) is 77.0 Å². The summed E-state index contributed by atoms with van der Waals surface area (Å²) in [6, 6.07) is 22.1. The average Bonchev–Trinajstić information content (AvgIpc) is 3.10. The minimum Gasteiger partial charge on any atom is -0.462 e. The molecular weight excluding hydrogens is 352 g/mol. The maximum atomic E-state index is 12.2. The van der Waals surface area contributed by atoms with Crippen molar-refractivity contribution in [3.05, 3.63) is 88.8 Å². The highest BCUT2D eigenvalue weighted by Gasteiger charge is 2.10. The molecule has 0 spiro atoms. The molecular formula is C20H16O3S2. The fraction of sp³-hybridized carbons (Fsp3) is 0.100. The number of thioether (sulfide) groups is 1. The van der Waals surface area contributed by atoms with Gasteiger partial charge in [0.25, 0.3) is 0 Å². The minimum atomic E-state index is -0.314. The van der Waals surface area contributed by atoms with Gasteiger partial charge in [0, 0.05) is 16.9 Å². The molecule has 126 valence electrons. The van der Waals surface area contributed by atoms with Gasteiger partial charge < -0.3 is 4.74 Å². The van der Waals surface area contributed by atoms with E-state index in [0.717, 1.165) is 9.09 Å². The van der Waals surface area contributed by atoms with Crippen LogP contribution in [-0.2, 0) is 11.2 Å². The van der Waals surface area contributed by atoms with Gasteiger partial charge in [0.15, 0.2) is 0 Å². The van der Waals surface area contributed by atoms with E-state index < -0.39 is 0 Å². The van der Waals surface area contributed by atoms with Crippen molar-refractivity contribution >= 4 is 34.2 Å². The molecule has 1 aromatic heterocycles. The Morgan fingerprint density at radius 1 is 0.840 bits per heavy atom. The van der Waals surface area contributed by atoms with Crippen molar-refractivity contribution < 1.29 is 14.3 Å². The van der Waals surface area contributed by atoms with Crippen molar-refractivity contribution in [3.8, 4) is 0 Å². The zero-order valence-electron chi connectivity index (χ0n) is 13.4. The Labute approximate surface area is 154 Å². The number of thiophene rings is 1. The highest BCUT2D eigenvalue weighted by Crippen LogP contribution is 2.30. The number of esters is 1. The Bertz CT molecular complexity index is 842. The molecule has 0 radical (unpaired) electrons. The maximum Gasteiger partial charge on any atom is 0.338 e. The summed E-state index contributed by atoms with van der Waals surface area (Å²) in [4.78, 5) is 25.1. The van der Waals surface area contributed by atoms with Crippen LogP contribution in [0, 0.1) is 0 Å². The Hall–Kier alpha value is -2.37. The highest BCUT2D eigenvalue weighted by molar-refractivity contribution is 8.15. The molecule has 3 nitrogen and oxygen atoms in total. The van der Waals surface area contributed by atoms with E-state index in [1.54, 1.807) is 23.5 Å². The van der Waals surface area contributed by atoms with E-state index in [9.17, 15) is 9.59 Å². The summed E-state index contributed by atoms with van der Waals surface area (Å²) in [5.41, 5.74) is 1.25. The lowest BCUT2D eigenvalue weighted by Gasteiger charge is -2.03. The molecule has 3 rings (SSSR count). The first-order valence-electron chi connectivity index (χ1n) is 7.80. The summed E-state index contributed by atoms with van der Waals surface area (Å²) < 4.78 is 6.23. The van der Waals surface area contributed by atoms with Crippen molar-refractivity contribution in [2.24, 2.45) is 0 Å². The number of carbonyl (C=O) groups is 2. The largest absolute Gasteiger partial charge is 0.462 e. The van der Waals surface area contributed by atoms with Crippen LogP contribution in [0.1, 0.15) is 25.6 Å². The molecule has 0 aliphatic carbocycles. The van der Waals surface area contributed by atoms with Crippen LogP contribution in [0.5, 0.6) is 0 Å². The number of rotatable bonds is 6. The summed E-state index contributed by atoms with van der Waals surface area (Å²) >= 11 is 2.78. The van der Waals surface area contributed by atoms with E-state index in [-0.39, 0.29) is 11.1 Å². The lowest BCUT2D eigenvalue weighted by molar-refractivity contribution is 0.0510. The topological polar surface area (TPSA) is 43.4 Å². The second-order valence-corrected chi connectivity index (χ2v) is 7.67. The molecule has 0 aliphatic rings. The Morgan fingerprint density at radius 3 is 2.16 bits per heavy atom. The van der Waals surface area contributed by atoms with E-state index >= 15 is 0 Å². The van der Waals surface area contributed by atoms with Gasteiger partial charge in [-0.05, 0) is 36.0 Å². The average molecular weight is 368 g/mol. The van der Waals surface area contributed by atoms with Crippen LogP contribution in [0.3, 0.4) is 0 Å². The van der Waals surface area contributed by atoms with Gasteiger partial charge in [-0.25, -0.2) is 4.79 Å². The molecule has 5 heteroatoms. The van der Waals surface area contributed by atoms with Crippen molar-refractivity contribution in [2.75, 3.05) is 6.61 Å². The van der Waals surface area contributed by atoms with E-state index in [4.69, 9.17) is 4.74 Å². The van der Waals surface area contributed by atoms with Crippen LogP contribution in [0.4, 0.5) is 0 Å². The Kier molecular flexibility index (Phi) is 6.04. The predicted octanol–water partition coefficient (Wildman–Crippen LogP) is 5.08. The van der Waals surface area contributed by atoms with Crippen LogP contribution in [0.2, 0.25) is 0 Å². The van der Waals surface area contributed by atoms with Crippen molar-refractivity contribution in [3.63, 3.8) is 0 Å². The second-order valence-electron chi connectivity index (χ2n) is 5.23. The van der Waals surface area contributed by atoms with Crippen LogP contribution in [-0.4, -0.2) is 17.7 Å². The monoisotopic (exact) mass is 368 g/mol. The molecule has 0 N–H and O–H groups in total. The van der Waals surface area contributed by atoms with Gasteiger partial charge in [-0.2, -0.15) is 0 Å².